The Morgan fingerprint density at radius 2 is 2.15 bits per heavy atom. The van der Waals surface area contributed by atoms with Crippen molar-refractivity contribution in [2.24, 2.45) is 5.92 Å². The van der Waals surface area contributed by atoms with Crippen molar-refractivity contribution >= 4 is 18.3 Å². The molecule has 2 rings (SSSR count). The van der Waals surface area contributed by atoms with Crippen LogP contribution in [0.15, 0.2) is 12.4 Å². The molecule has 7 heteroatoms. The molecule has 114 valence electrons. The minimum atomic E-state index is 0. The van der Waals surface area contributed by atoms with Gasteiger partial charge in [-0.05, 0) is 38.8 Å². The van der Waals surface area contributed by atoms with Crippen LogP contribution >= 0.6 is 12.4 Å². The number of aromatic nitrogens is 3. The monoisotopic (exact) mass is 301 g/mol. The maximum atomic E-state index is 12.1. The van der Waals surface area contributed by atoms with Gasteiger partial charge in [-0.15, -0.1) is 17.5 Å². The van der Waals surface area contributed by atoms with E-state index < -0.39 is 0 Å². The van der Waals surface area contributed by atoms with Crippen LogP contribution in [0.1, 0.15) is 25.7 Å². The number of piperidine rings is 1. The molecule has 1 amide bonds. The van der Waals surface area contributed by atoms with E-state index in [4.69, 9.17) is 0 Å². The van der Waals surface area contributed by atoms with E-state index in [1.54, 1.807) is 17.1 Å². The Balaban J connectivity index is 0.00000200. The molecule has 6 nitrogen and oxygen atoms in total. The van der Waals surface area contributed by atoms with E-state index in [0.29, 0.717) is 13.0 Å². The lowest BCUT2D eigenvalue weighted by Gasteiger charge is -2.32. The molecule has 0 atom stereocenters. The van der Waals surface area contributed by atoms with E-state index in [-0.39, 0.29) is 18.3 Å². The molecule has 1 N–H and O–H groups in total. The van der Waals surface area contributed by atoms with Crippen molar-refractivity contribution < 1.29 is 4.79 Å². The first-order valence-electron chi connectivity index (χ1n) is 7.06. The number of carbonyl (C=O) groups excluding carboxylic acids is 1. The standard InChI is InChI=1S/C13H23N5O.ClH/c1-14-6-2-12-3-8-17(9-4-12)13(19)5-10-18-11-7-15-16-18;/h7,11-12,14H,2-6,8-10H2,1H3;1H. The zero-order chi connectivity index (χ0) is 13.5. The second-order valence-corrected chi connectivity index (χ2v) is 5.13. The fourth-order valence-corrected chi connectivity index (χ4v) is 2.54. The first kappa shape index (κ1) is 16.9. The minimum Gasteiger partial charge on any atom is -0.343 e. The van der Waals surface area contributed by atoms with Crippen LogP contribution in [0.5, 0.6) is 0 Å². The number of aryl methyl sites for hydroxylation is 1. The summed E-state index contributed by atoms with van der Waals surface area (Å²) < 4.78 is 1.71. The first-order valence-corrected chi connectivity index (χ1v) is 7.06. The summed E-state index contributed by atoms with van der Waals surface area (Å²) in [6.45, 7) is 3.51. The van der Waals surface area contributed by atoms with E-state index in [0.717, 1.165) is 38.4 Å². The molecule has 0 aromatic carbocycles. The Hall–Kier alpha value is -1.14. The van der Waals surface area contributed by atoms with Crippen molar-refractivity contribution in [3.63, 3.8) is 0 Å². The molecule has 1 fully saturated rings. The van der Waals surface area contributed by atoms with E-state index in [1.807, 2.05) is 11.9 Å². The lowest BCUT2D eigenvalue weighted by molar-refractivity contribution is -0.132. The fraction of sp³-hybridized carbons (Fsp3) is 0.769. The van der Waals surface area contributed by atoms with Gasteiger partial charge in [-0.25, -0.2) is 0 Å². The van der Waals surface area contributed by atoms with Crippen LogP contribution in [0.25, 0.3) is 0 Å². The van der Waals surface area contributed by atoms with Gasteiger partial charge in [0.2, 0.25) is 5.91 Å². The normalized spacial score (nSPS) is 15.9. The Labute approximate surface area is 126 Å². The summed E-state index contributed by atoms with van der Waals surface area (Å²) >= 11 is 0. The molecule has 1 aromatic heterocycles. The number of halogens is 1. The summed E-state index contributed by atoms with van der Waals surface area (Å²) in [5.74, 6) is 1.01. The van der Waals surface area contributed by atoms with E-state index in [2.05, 4.69) is 15.6 Å². The van der Waals surface area contributed by atoms with Crippen LogP contribution in [0.2, 0.25) is 0 Å². The molecule has 0 saturated carbocycles. The number of rotatable bonds is 6. The highest BCUT2D eigenvalue weighted by atomic mass is 35.5. The Morgan fingerprint density at radius 3 is 2.75 bits per heavy atom. The largest absolute Gasteiger partial charge is 0.343 e. The summed E-state index contributed by atoms with van der Waals surface area (Å²) in [4.78, 5) is 14.1. The third-order valence-electron chi connectivity index (χ3n) is 3.80. The van der Waals surface area contributed by atoms with Gasteiger partial charge >= 0.3 is 0 Å². The van der Waals surface area contributed by atoms with Crippen LogP contribution in [0.3, 0.4) is 0 Å². The van der Waals surface area contributed by atoms with E-state index in [1.165, 1.54) is 6.42 Å². The van der Waals surface area contributed by atoms with Crippen molar-refractivity contribution in [1.82, 2.24) is 25.2 Å². The number of likely N-dealkylation sites (tertiary alicyclic amines) is 1. The van der Waals surface area contributed by atoms with Crippen LogP contribution in [-0.4, -0.2) is 52.5 Å². The SMILES string of the molecule is CNCCC1CCN(C(=O)CCn2ccnn2)CC1.Cl. The molecule has 20 heavy (non-hydrogen) atoms. The smallest absolute Gasteiger partial charge is 0.224 e. The number of carbonyl (C=O) groups is 1. The van der Waals surface area contributed by atoms with Gasteiger partial charge in [0.25, 0.3) is 0 Å². The fourth-order valence-electron chi connectivity index (χ4n) is 2.54. The van der Waals surface area contributed by atoms with Crippen molar-refractivity contribution in [1.29, 1.82) is 0 Å². The number of hydrogen-bond donors (Lipinski definition) is 1. The third-order valence-corrected chi connectivity index (χ3v) is 3.80. The summed E-state index contributed by atoms with van der Waals surface area (Å²) in [6.07, 6.45) is 7.44. The molecule has 1 aliphatic heterocycles. The van der Waals surface area contributed by atoms with Crippen molar-refractivity contribution in [2.75, 3.05) is 26.7 Å². The van der Waals surface area contributed by atoms with Gasteiger partial charge in [0, 0.05) is 25.7 Å². The molecule has 0 unspecified atom stereocenters. The highest BCUT2D eigenvalue weighted by molar-refractivity contribution is 5.85. The molecular formula is C13H24ClN5O. The van der Waals surface area contributed by atoms with Gasteiger partial charge in [0.05, 0.1) is 12.7 Å². The maximum absolute atomic E-state index is 12.1. The van der Waals surface area contributed by atoms with Gasteiger partial charge in [-0.1, -0.05) is 5.21 Å². The summed E-state index contributed by atoms with van der Waals surface area (Å²) in [7, 11) is 1.99. The summed E-state index contributed by atoms with van der Waals surface area (Å²) in [6, 6.07) is 0. The van der Waals surface area contributed by atoms with E-state index >= 15 is 0 Å². The van der Waals surface area contributed by atoms with Gasteiger partial charge in [0.1, 0.15) is 0 Å². The molecule has 1 saturated heterocycles. The zero-order valence-corrected chi connectivity index (χ0v) is 12.8. The molecular weight excluding hydrogens is 278 g/mol. The molecule has 1 aromatic rings. The number of nitrogens with zero attached hydrogens (tertiary/aromatic N) is 4. The zero-order valence-electron chi connectivity index (χ0n) is 12.0. The average molecular weight is 302 g/mol. The third kappa shape index (κ3) is 5.09. The molecule has 0 radical (unpaired) electrons. The Kier molecular flexibility index (Phi) is 7.54. The quantitative estimate of drug-likeness (QED) is 0.849. The predicted molar refractivity (Wildman–Crippen MR) is 79.7 cm³/mol. The predicted octanol–water partition coefficient (Wildman–Crippen LogP) is 0.938. The van der Waals surface area contributed by atoms with Crippen molar-refractivity contribution in [3.8, 4) is 0 Å². The van der Waals surface area contributed by atoms with Gasteiger partial charge < -0.3 is 10.2 Å². The van der Waals surface area contributed by atoms with Gasteiger partial charge in [-0.2, -0.15) is 0 Å². The second kappa shape index (κ2) is 8.92. The molecule has 1 aliphatic rings. The van der Waals surface area contributed by atoms with Crippen LogP contribution < -0.4 is 5.32 Å². The highest BCUT2D eigenvalue weighted by Crippen LogP contribution is 2.20. The van der Waals surface area contributed by atoms with Crippen LogP contribution in [0.4, 0.5) is 0 Å². The van der Waals surface area contributed by atoms with Crippen LogP contribution in [-0.2, 0) is 11.3 Å². The van der Waals surface area contributed by atoms with Crippen molar-refractivity contribution in [3.05, 3.63) is 12.4 Å². The van der Waals surface area contributed by atoms with Gasteiger partial charge in [-0.3, -0.25) is 9.48 Å². The summed E-state index contributed by atoms with van der Waals surface area (Å²) in [5, 5.41) is 10.8. The second-order valence-electron chi connectivity index (χ2n) is 5.13. The lowest BCUT2D eigenvalue weighted by atomic mass is 9.93. The Morgan fingerprint density at radius 1 is 1.40 bits per heavy atom. The molecule has 0 bridgehead atoms. The van der Waals surface area contributed by atoms with Crippen LogP contribution in [0, 0.1) is 5.92 Å². The van der Waals surface area contributed by atoms with Crippen molar-refractivity contribution in [2.45, 2.75) is 32.2 Å². The molecule has 0 aliphatic carbocycles. The Bertz CT molecular complexity index is 376. The topological polar surface area (TPSA) is 63.1 Å². The summed E-state index contributed by atoms with van der Waals surface area (Å²) in [5.41, 5.74) is 0. The lowest BCUT2D eigenvalue weighted by Crippen LogP contribution is -2.39. The first-order chi connectivity index (χ1) is 9.29. The van der Waals surface area contributed by atoms with Gasteiger partial charge in [0.15, 0.2) is 0 Å². The maximum Gasteiger partial charge on any atom is 0.224 e. The molecule has 2 heterocycles. The number of hydrogen-bond acceptors (Lipinski definition) is 4. The van der Waals surface area contributed by atoms with E-state index in [9.17, 15) is 4.79 Å². The number of nitrogens with one attached hydrogen (secondary N) is 1. The average Bonchev–Trinajstić information content (AvgIpc) is 2.96. The highest BCUT2D eigenvalue weighted by Gasteiger charge is 2.22. The minimum absolute atomic E-state index is 0. The number of amides is 1. The molecule has 0 spiro atoms.